The highest BCUT2D eigenvalue weighted by Gasteiger charge is 2.13. The summed E-state index contributed by atoms with van der Waals surface area (Å²) < 4.78 is 15.9. The predicted molar refractivity (Wildman–Crippen MR) is 126 cm³/mol. The van der Waals surface area contributed by atoms with Crippen molar-refractivity contribution in [2.24, 2.45) is 4.99 Å². The number of fused-ring (bicyclic) bond motifs is 1. The van der Waals surface area contributed by atoms with E-state index < -0.39 is 0 Å². The second kappa shape index (κ2) is 12.1. The molecule has 0 aromatic heterocycles. The number of nitrogens with zero attached hydrogens (tertiary/aromatic N) is 1. The lowest BCUT2D eigenvalue weighted by atomic mass is 10.1. The van der Waals surface area contributed by atoms with Crippen molar-refractivity contribution in [3.8, 4) is 17.2 Å². The van der Waals surface area contributed by atoms with E-state index >= 15 is 0 Å². The standard InChI is InChI=1S/C21H26N4O4.HI/c1-22-21(24-9-8-15-6-7-18-19(12-15)29-14-28-18)25-11-10-23-20(26)16-4-3-5-17(13-16)27-2;/h3-7,12-13H,8-11,14H2,1-2H3,(H,23,26)(H2,22,24,25);1H. The summed E-state index contributed by atoms with van der Waals surface area (Å²) in [6, 6.07) is 13.0. The first kappa shape index (κ1) is 23.6. The van der Waals surface area contributed by atoms with Gasteiger partial charge >= 0.3 is 0 Å². The molecule has 1 heterocycles. The van der Waals surface area contributed by atoms with Gasteiger partial charge in [0.1, 0.15) is 5.75 Å². The Bertz CT molecular complexity index is 876. The van der Waals surface area contributed by atoms with Crippen molar-refractivity contribution in [3.63, 3.8) is 0 Å². The Labute approximate surface area is 193 Å². The van der Waals surface area contributed by atoms with E-state index in [0.29, 0.717) is 30.4 Å². The second-order valence-corrected chi connectivity index (χ2v) is 6.35. The Morgan fingerprint density at radius 2 is 1.80 bits per heavy atom. The van der Waals surface area contributed by atoms with Crippen molar-refractivity contribution in [2.45, 2.75) is 6.42 Å². The first-order valence-electron chi connectivity index (χ1n) is 9.45. The number of hydrogen-bond acceptors (Lipinski definition) is 5. The largest absolute Gasteiger partial charge is 0.497 e. The van der Waals surface area contributed by atoms with Crippen LogP contribution in [0.5, 0.6) is 17.2 Å². The predicted octanol–water partition coefficient (Wildman–Crippen LogP) is 2.18. The van der Waals surface area contributed by atoms with Crippen molar-refractivity contribution in [1.29, 1.82) is 0 Å². The summed E-state index contributed by atoms with van der Waals surface area (Å²) >= 11 is 0. The maximum Gasteiger partial charge on any atom is 0.251 e. The highest BCUT2D eigenvalue weighted by molar-refractivity contribution is 14.0. The molecular formula is C21H27IN4O4. The minimum Gasteiger partial charge on any atom is -0.497 e. The van der Waals surface area contributed by atoms with Crippen molar-refractivity contribution >= 4 is 35.8 Å². The van der Waals surface area contributed by atoms with Crippen LogP contribution in [0.1, 0.15) is 15.9 Å². The number of carbonyl (C=O) groups excluding carboxylic acids is 1. The normalized spacial score (nSPS) is 12.0. The van der Waals surface area contributed by atoms with Gasteiger partial charge in [0.2, 0.25) is 6.79 Å². The molecule has 0 saturated heterocycles. The molecule has 0 spiro atoms. The molecule has 9 heteroatoms. The topological polar surface area (TPSA) is 93.2 Å². The SMILES string of the molecule is CN=C(NCCNC(=O)c1cccc(OC)c1)NCCc1ccc2c(c1)OCO2.I. The first-order valence-corrected chi connectivity index (χ1v) is 9.45. The van der Waals surface area contributed by atoms with Crippen molar-refractivity contribution in [2.75, 3.05) is 40.6 Å². The Hall–Kier alpha value is -2.69. The third-order valence-electron chi connectivity index (χ3n) is 4.40. The summed E-state index contributed by atoms with van der Waals surface area (Å²) in [5.74, 6) is 2.77. The number of ether oxygens (including phenoxy) is 3. The third kappa shape index (κ3) is 6.68. The van der Waals surface area contributed by atoms with E-state index in [1.807, 2.05) is 18.2 Å². The molecule has 2 aromatic carbocycles. The van der Waals surface area contributed by atoms with Crippen LogP contribution in [0.25, 0.3) is 0 Å². The molecule has 3 rings (SSSR count). The summed E-state index contributed by atoms with van der Waals surface area (Å²) in [6.07, 6.45) is 0.823. The average molecular weight is 526 g/mol. The molecule has 0 unspecified atom stereocenters. The summed E-state index contributed by atoms with van der Waals surface area (Å²) in [5.41, 5.74) is 1.72. The molecule has 0 atom stereocenters. The molecule has 1 aliphatic heterocycles. The number of carbonyl (C=O) groups is 1. The Morgan fingerprint density at radius 3 is 2.60 bits per heavy atom. The highest BCUT2D eigenvalue weighted by Crippen LogP contribution is 2.32. The lowest BCUT2D eigenvalue weighted by molar-refractivity contribution is 0.0954. The maximum absolute atomic E-state index is 12.2. The van der Waals surface area contributed by atoms with Gasteiger partial charge < -0.3 is 30.2 Å². The van der Waals surface area contributed by atoms with E-state index in [2.05, 4.69) is 20.9 Å². The lowest BCUT2D eigenvalue weighted by Crippen LogP contribution is -2.42. The number of methoxy groups -OCH3 is 1. The fraction of sp³-hybridized carbons (Fsp3) is 0.333. The van der Waals surface area contributed by atoms with Gasteiger partial charge in [0, 0.05) is 32.2 Å². The van der Waals surface area contributed by atoms with Crippen molar-refractivity contribution in [3.05, 3.63) is 53.6 Å². The number of benzene rings is 2. The zero-order valence-corrected chi connectivity index (χ0v) is 19.4. The summed E-state index contributed by atoms with van der Waals surface area (Å²) in [7, 11) is 3.29. The van der Waals surface area contributed by atoms with Crippen LogP contribution in [-0.4, -0.2) is 52.5 Å². The average Bonchev–Trinajstić information content (AvgIpc) is 3.23. The van der Waals surface area contributed by atoms with Crippen LogP contribution in [0.15, 0.2) is 47.5 Å². The van der Waals surface area contributed by atoms with E-state index in [0.717, 1.165) is 30.0 Å². The van der Waals surface area contributed by atoms with Gasteiger partial charge in [-0.1, -0.05) is 12.1 Å². The van der Waals surface area contributed by atoms with Gasteiger partial charge in [0.15, 0.2) is 17.5 Å². The molecule has 0 fully saturated rings. The molecule has 30 heavy (non-hydrogen) atoms. The quantitative estimate of drug-likeness (QED) is 0.212. The molecule has 0 bridgehead atoms. The van der Waals surface area contributed by atoms with Gasteiger partial charge in [-0.25, -0.2) is 0 Å². The van der Waals surface area contributed by atoms with E-state index in [4.69, 9.17) is 14.2 Å². The minimum atomic E-state index is -0.142. The van der Waals surface area contributed by atoms with Crippen LogP contribution in [0.2, 0.25) is 0 Å². The van der Waals surface area contributed by atoms with E-state index in [9.17, 15) is 4.79 Å². The molecule has 0 saturated carbocycles. The molecular weight excluding hydrogens is 499 g/mol. The number of hydrogen-bond donors (Lipinski definition) is 3. The molecule has 1 aliphatic rings. The smallest absolute Gasteiger partial charge is 0.251 e. The van der Waals surface area contributed by atoms with Crippen LogP contribution in [0, 0.1) is 0 Å². The van der Waals surface area contributed by atoms with Crippen LogP contribution in [0.4, 0.5) is 0 Å². The van der Waals surface area contributed by atoms with Crippen molar-refractivity contribution in [1.82, 2.24) is 16.0 Å². The van der Waals surface area contributed by atoms with Gasteiger partial charge in [-0.2, -0.15) is 0 Å². The first-order chi connectivity index (χ1) is 14.2. The number of amides is 1. The van der Waals surface area contributed by atoms with E-state index in [1.54, 1.807) is 38.4 Å². The Kier molecular flexibility index (Phi) is 9.52. The monoisotopic (exact) mass is 526 g/mol. The van der Waals surface area contributed by atoms with Gasteiger partial charge in [0.25, 0.3) is 5.91 Å². The third-order valence-corrected chi connectivity index (χ3v) is 4.40. The van der Waals surface area contributed by atoms with Crippen molar-refractivity contribution < 1.29 is 19.0 Å². The zero-order valence-electron chi connectivity index (χ0n) is 17.1. The number of rotatable bonds is 8. The lowest BCUT2D eigenvalue weighted by Gasteiger charge is -2.12. The Morgan fingerprint density at radius 1 is 1.03 bits per heavy atom. The summed E-state index contributed by atoms with van der Waals surface area (Å²) in [6.45, 7) is 2.02. The summed E-state index contributed by atoms with van der Waals surface area (Å²) in [5, 5.41) is 9.31. The molecule has 0 aliphatic carbocycles. The fourth-order valence-corrected chi connectivity index (χ4v) is 2.87. The zero-order chi connectivity index (χ0) is 20.5. The fourth-order valence-electron chi connectivity index (χ4n) is 2.87. The van der Waals surface area contributed by atoms with Gasteiger partial charge in [0.05, 0.1) is 7.11 Å². The second-order valence-electron chi connectivity index (χ2n) is 6.35. The van der Waals surface area contributed by atoms with E-state index in [-0.39, 0.29) is 36.7 Å². The summed E-state index contributed by atoms with van der Waals surface area (Å²) in [4.78, 5) is 16.4. The molecule has 8 nitrogen and oxygen atoms in total. The van der Waals surface area contributed by atoms with Gasteiger partial charge in [-0.05, 0) is 42.3 Å². The molecule has 162 valence electrons. The molecule has 0 radical (unpaired) electrons. The number of nitrogens with one attached hydrogen (secondary N) is 3. The van der Waals surface area contributed by atoms with Crippen LogP contribution in [-0.2, 0) is 6.42 Å². The molecule has 3 N–H and O–H groups in total. The number of aliphatic imine (C=N–C) groups is 1. The van der Waals surface area contributed by atoms with Gasteiger partial charge in [-0.3, -0.25) is 9.79 Å². The van der Waals surface area contributed by atoms with Crippen LogP contribution < -0.4 is 30.2 Å². The number of halogens is 1. The minimum absolute atomic E-state index is 0. The molecule has 1 amide bonds. The number of guanidine groups is 1. The molecule has 2 aromatic rings. The van der Waals surface area contributed by atoms with E-state index in [1.165, 1.54) is 0 Å². The van der Waals surface area contributed by atoms with Gasteiger partial charge in [-0.15, -0.1) is 24.0 Å². The van der Waals surface area contributed by atoms with Crippen LogP contribution in [0.3, 0.4) is 0 Å². The Balaban J connectivity index is 0.00000320. The van der Waals surface area contributed by atoms with Crippen LogP contribution >= 0.6 is 24.0 Å². The highest BCUT2D eigenvalue weighted by atomic mass is 127. The maximum atomic E-state index is 12.2.